The summed E-state index contributed by atoms with van der Waals surface area (Å²) in [7, 11) is 0. The molecular weight excluding hydrogens is 357 g/mol. The Morgan fingerprint density at radius 3 is 1.89 bits per heavy atom. The summed E-state index contributed by atoms with van der Waals surface area (Å²) in [6.07, 6.45) is 4.42. The molecule has 9 atom stereocenters. The Morgan fingerprint density at radius 1 is 0.722 bits per heavy atom. The second-order valence-electron chi connectivity index (χ2n) is 6.30. The fourth-order valence-electron chi connectivity index (χ4n) is 5.96. The molecular formula is C12H8Cl6. The first-order valence-corrected chi connectivity index (χ1v) is 8.35. The van der Waals surface area contributed by atoms with Gasteiger partial charge >= 0.3 is 0 Å². The van der Waals surface area contributed by atoms with Gasteiger partial charge in [0.05, 0.1) is 10.3 Å². The zero-order chi connectivity index (χ0) is 12.9. The van der Waals surface area contributed by atoms with E-state index in [0.717, 1.165) is 0 Å². The minimum atomic E-state index is -1.28. The van der Waals surface area contributed by atoms with Gasteiger partial charge in [-0.15, -0.1) is 46.4 Å². The van der Waals surface area contributed by atoms with Crippen LogP contribution in [0.4, 0.5) is 0 Å². The van der Waals surface area contributed by atoms with Crippen LogP contribution in [-0.2, 0) is 0 Å². The van der Waals surface area contributed by atoms with Crippen molar-refractivity contribution >= 4 is 69.6 Å². The molecule has 0 spiro atoms. The topological polar surface area (TPSA) is 0 Å². The summed E-state index contributed by atoms with van der Waals surface area (Å²) in [5.74, 6) is 1.20. The van der Waals surface area contributed by atoms with E-state index in [1.54, 1.807) is 0 Å². The summed E-state index contributed by atoms with van der Waals surface area (Å²) in [5, 5.41) is -0.492. The van der Waals surface area contributed by atoms with E-state index in [-0.39, 0.29) is 17.8 Å². The van der Waals surface area contributed by atoms with Gasteiger partial charge in [0.1, 0.15) is 9.75 Å². The molecule has 0 heterocycles. The third-order valence-corrected chi connectivity index (χ3v) is 11.3. The van der Waals surface area contributed by atoms with Crippen LogP contribution in [0.5, 0.6) is 0 Å². The second kappa shape index (κ2) is 2.73. The van der Waals surface area contributed by atoms with Crippen molar-refractivity contribution in [1.29, 1.82) is 0 Å². The van der Waals surface area contributed by atoms with E-state index in [1.165, 1.54) is 0 Å². The Labute approximate surface area is 135 Å². The van der Waals surface area contributed by atoms with Crippen LogP contribution in [0.25, 0.3) is 0 Å². The monoisotopic (exact) mass is 362 g/mol. The fraction of sp³-hybridized carbons (Fsp3) is 0.833. The van der Waals surface area contributed by atoms with E-state index >= 15 is 0 Å². The lowest BCUT2D eigenvalue weighted by Crippen LogP contribution is -2.63. The summed E-state index contributed by atoms with van der Waals surface area (Å²) in [4.78, 5) is -2.65. The zero-order valence-electron chi connectivity index (χ0n) is 8.89. The molecule has 0 N–H and O–H groups in total. The third-order valence-electron chi connectivity index (χ3n) is 6.26. The predicted octanol–water partition coefficient (Wildman–Crippen LogP) is 4.41. The van der Waals surface area contributed by atoms with Crippen molar-refractivity contribution in [2.45, 2.75) is 24.3 Å². The smallest absolute Gasteiger partial charge is 0.119 e. The molecule has 18 heavy (non-hydrogen) atoms. The lowest BCUT2D eigenvalue weighted by molar-refractivity contribution is 0.146. The molecule has 6 heteroatoms. The van der Waals surface area contributed by atoms with Gasteiger partial charge < -0.3 is 0 Å². The molecule has 0 aromatic carbocycles. The van der Waals surface area contributed by atoms with Gasteiger partial charge in [-0.25, -0.2) is 0 Å². The fourth-order valence-corrected chi connectivity index (χ4v) is 9.99. The molecule has 9 unspecified atom stereocenters. The van der Waals surface area contributed by atoms with Crippen molar-refractivity contribution in [1.82, 2.24) is 0 Å². The maximum Gasteiger partial charge on any atom is 0.160 e. The van der Waals surface area contributed by atoms with Crippen LogP contribution < -0.4 is 0 Å². The Balaban J connectivity index is 1.94. The lowest BCUT2D eigenvalue weighted by atomic mass is 9.63. The third kappa shape index (κ3) is 0.681. The maximum absolute atomic E-state index is 6.92. The normalized spacial score (nSPS) is 76.1. The first kappa shape index (κ1) is 12.1. The van der Waals surface area contributed by atoms with Crippen LogP contribution in [0.2, 0.25) is 0 Å². The second-order valence-corrected chi connectivity index (χ2v) is 9.91. The number of fused-ring (bicyclic) bond motifs is 3. The Morgan fingerprint density at radius 2 is 1.28 bits per heavy atom. The molecule has 0 aromatic heterocycles. The highest BCUT2D eigenvalue weighted by Gasteiger charge is 3.00. The van der Waals surface area contributed by atoms with Gasteiger partial charge in [0, 0.05) is 0 Å². The van der Waals surface area contributed by atoms with Gasteiger partial charge in [-0.05, 0) is 29.6 Å². The number of rotatable bonds is 0. The molecule has 0 aromatic rings. The van der Waals surface area contributed by atoms with Crippen LogP contribution in [0, 0.1) is 29.6 Å². The number of halogens is 6. The lowest BCUT2D eigenvalue weighted by Gasteiger charge is -2.53. The van der Waals surface area contributed by atoms with Crippen molar-refractivity contribution in [2.75, 3.05) is 0 Å². The van der Waals surface area contributed by atoms with Crippen molar-refractivity contribution in [3.05, 3.63) is 12.2 Å². The Hall–Kier alpha value is 1.48. The van der Waals surface area contributed by atoms with Crippen molar-refractivity contribution in [3.8, 4) is 0 Å². The summed E-state index contributed by atoms with van der Waals surface area (Å²) in [6.45, 7) is 0. The highest BCUT2D eigenvalue weighted by atomic mass is 35.5. The first-order valence-electron chi connectivity index (χ1n) is 6.02. The van der Waals surface area contributed by atoms with Crippen LogP contribution in [0.1, 0.15) is 0 Å². The molecule has 6 bridgehead atoms. The molecule has 0 nitrogen and oxygen atoms in total. The molecule has 98 valence electrons. The highest BCUT2D eigenvalue weighted by molar-refractivity contribution is 6.63. The number of alkyl halides is 6. The van der Waals surface area contributed by atoms with Crippen molar-refractivity contribution in [3.63, 3.8) is 0 Å². The zero-order valence-corrected chi connectivity index (χ0v) is 13.4. The molecule has 5 rings (SSSR count). The largest absolute Gasteiger partial charge is 0.160 e. The van der Waals surface area contributed by atoms with Crippen LogP contribution in [0.15, 0.2) is 12.2 Å². The molecule has 4 fully saturated rings. The van der Waals surface area contributed by atoms with E-state index < -0.39 is 24.3 Å². The number of hydrogen-bond donors (Lipinski definition) is 0. The average molecular weight is 365 g/mol. The molecule has 5 aliphatic rings. The van der Waals surface area contributed by atoms with Crippen LogP contribution >= 0.6 is 69.6 Å². The highest BCUT2D eigenvalue weighted by Crippen LogP contribution is 2.92. The standard InChI is InChI=1S/C12H8Cl6/c13-8-9(14)5-3-1-2-4(5)7-6(3)10(8,15)12(17,18)11(7,9)16/h1-8H. The molecule has 0 aliphatic heterocycles. The average Bonchev–Trinajstić information content (AvgIpc) is 2.96. The molecule has 0 amide bonds. The van der Waals surface area contributed by atoms with E-state index in [2.05, 4.69) is 12.2 Å². The van der Waals surface area contributed by atoms with Gasteiger partial charge in [0.2, 0.25) is 0 Å². The Bertz CT molecular complexity index is 517. The van der Waals surface area contributed by atoms with Gasteiger partial charge in [-0.2, -0.15) is 0 Å². The minimum Gasteiger partial charge on any atom is -0.119 e. The summed E-state index contributed by atoms with van der Waals surface area (Å²) in [5.41, 5.74) is 0. The van der Waals surface area contributed by atoms with E-state index in [0.29, 0.717) is 11.8 Å². The molecule has 0 saturated heterocycles. The molecule has 4 saturated carbocycles. The number of allylic oxidation sites excluding steroid dienone is 2. The van der Waals surface area contributed by atoms with Crippen molar-refractivity contribution < 1.29 is 0 Å². The SMILES string of the molecule is ClC1C2(Cl)C3C4C=CC5C4C1(Cl)C(Cl)(C53)C2(Cl)Cl. The minimum absolute atomic E-state index is 0.148. The summed E-state index contributed by atoms with van der Waals surface area (Å²) in [6, 6.07) is 0. The summed E-state index contributed by atoms with van der Waals surface area (Å²) >= 11 is 40.5. The maximum atomic E-state index is 6.92. The molecule has 5 aliphatic carbocycles. The quantitative estimate of drug-likeness (QED) is 0.441. The van der Waals surface area contributed by atoms with E-state index in [4.69, 9.17) is 69.6 Å². The van der Waals surface area contributed by atoms with Gasteiger partial charge in [0.15, 0.2) is 4.33 Å². The van der Waals surface area contributed by atoms with Gasteiger partial charge in [0.25, 0.3) is 0 Å². The van der Waals surface area contributed by atoms with Crippen molar-refractivity contribution in [2.24, 2.45) is 29.6 Å². The Kier molecular flexibility index (Phi) is 1.83. The summed E-state index contributed by atoms with van der Waals surface area (Å²) < 4.78 is -1.28. The molecule has 0 radical (unpaired) electrons. The van der Waals surface area contributed by atoms with E-state index in [1.807, 2.05) is 0 Å². The van der Waals surface area contributed by atoms with Crippen LogP contribution in [0.3, 0.4) is 0 Å². The van der Waals surface area contributed by atoms with E-state index in [9.17, 15) is 0 Å². The van der Waals surface area contributed by atoms with Crippen LogP contribution in [-0.4, -0.2) is 24.3 Å². The van der Waals surface area contributed by atoms with Gasteiger partial charge in [-0.3, -0.25) is 0 Å². The first-order chi connectivity index (χ1) is 8.25. The van der Waals surface area contributed by atoms with Gasteiger partial charge in [-0.1, -0.05) is 35.4 Å². The number of hydrogen-bond acceptors (Lipinski definition) is 0. The predicted molar refractivity (Wildman–Crippen MR) is 76.4 cm³/mol.